The van der Waals surface area contributed by atoms with Crippen molar-refractivity contribution in [2.45, 2.75) is 37.3 Å². The Morgan fingerprint density at radius 3 is 2.90 bits per heavy atom. The number of benzene rings is 1. The van der Waals surface area contributed by atoms with Crippen LogP contribution >= 0.6 is 23.1 Å². The van der Waals surface area contributed by atoms with Crippen molar-refractivity contribution in [1.82, 2.24) is 14.8 Å². The number of hydrogen-bond donors (Lipinski definition) is 1. The Hall–Kier alpha value is -2.83. The van der Waals surface area contributed by atoms with Crippen LogP contribution in [0.3, 0.4) is 0 Å². The molecular weight excluding hydrogens is 430 g/mol. The molecule has 31 heavy (non-hydrogen) atoms. The highest BCUT2D eigenvalue weighted by molar-refractivity contribution is 7.99. The van der Waals surface area contributed by atoms with Crippen LogP contribution in [0.5, 0.6) is 5.75 Å². The van der Waals surface area contributed by atoms with Crippen molar-refractivity contribution >= 4 is 34.0 Å². The third-order valence-corrected chi connectivity index (χ3v) is 7.53. The summed E-state index contributed by atoms with van der Waals surface area (Å²) in [5.74, 6) is 1.42. The number of amides is 1. The van der Waals surface area contributed by atoms with Crippen molar-refractivity contribution in [1.29, 1.82) is 5.26 Å². The number of thioether (sulfide) groups is 1. The minimum atomic E-state index is -0.153. The van der Waals surface area contributed by atoms with Gasteiger partial charge in [0.2, 0.25) is 5.91 Å². The van der Waals surface area contributed by atoms with Crippen LogP contribution in [0.2, 0.25) is 0 Å². The first kappa shape index (κ1) is 21.4. The maximum Gasteiger partial charge on any atom is 0.235 e. The first-order valence-corrected chi connectivity index (χ1v) is 11.9. The van der Waals surface area contributed by atoms with Crippen molar-refractivity contribution in [3.8, 4) is 23.2 Å². The number of aromatic nitrogens is 3. The van der Waals surface area contributed by atoms with Crippen molar-refractivity contribution in [3.63, 3.8) is 0 Å². The second-order valence-corrected chi connectivity index (χ2v) is 9.33. The summed E-state index contributed by atoms with van der Waals surface area (Å²) < 4.78 is 7.27. The van der Waals surface area contributed by atoms with Crippen LogP contribution in [0.1, 0.15) is 35.3 Å². The number of aryl methyl sites for hydroxylation is 1. The number of para-hydroxylation sites is 1. The summed E-state index contributed by atoms with van der Waals surface area (Å²) >= 11 is 2.86. The normalized spacial score (nSPS) is 13.2. The Morgan fingerprint density at radius 1 is 1.29 bits per heavy atom. The Morgan fingerprint density at radius 2 is 2.10 bits per heavy atom. The van der Waals surface area contributed by atoms with Gasteiger partial charge < -0.3 is 14.6 Å². The molecular formula is C22H23N5O2S2. The lowest BCUT2D eigenvalue weighted by Crippen LogP contribution is -2.14. The van der Waals surface area contributed by atoms with E-state index < -0.39 is 0 Å². The molecule has 7 nitrogen and oxygen atoms in total. The molecule has 0 saturated heterocycles. The molecule has 3 aromatic rings. The van der Waals surface area contributed by atoms with Crippen LogP contribution < -0.4 is 10.1 Å². The number of nitrogens with zero attached hydrogens (tertiary/aromatic N) is 4. The van der Waals surface area contributed by atoms with Crippen molar-refractivity contribution < 1.29 is 9.53 Å². The molecule has 9 heteroatoms. The van der Waals surface area contributed by atoms with Gasteiger partial charge in [0.15, 0.2) is 11.0 Å². The van der Waals surface area contributed by atoms with Crippen LogP contribution in [0.4, 0.5) is 5.00 Å². The van der Waals surface area contributed by atoms with E-state index in [9.17, 15) is 10.1 Å². The zero-order valence-corrected chi connectivity index (χ0v) is 19.1. The molecule has 1 aliphatic carbocycles. The first-order valence-electron chi connectivity index (χ1n) is 10.1. The number of carbonyl (C=O) groups is 1. The number of anilines is 1. The quantitative estimate of drug-likeness (QED) is 0.439. The second kappa shape index (κ2) is 9.54. The van der Waals surface area contributed by atoms with Gasteiger partial charge in [0, 0.05) is 11.9 Å². The van der Waals surface area contributed by atoms with Gasteiger partial charge >= 0.3 is 0 Å². The predicted octanol–water partition coefficient (Wildman–Crippen LogP) is 4.42. The lowest BCUT2D eigenvalue weighted by Gasteiger charge is -2.08. The Labute approximate surface area is 189 Å². The Balaban J connectivity index is 1.45. The molecule has 1 aliphatic rings. The van der Waals surface area contributed by atoms with E-state index in [-0.39, 0.29) is 11.7 Å². The summed E-state index contributed by atoms with van der Waals surface area (Å²) in [6, 6.07) is 9.92. The number of rotatable bonds is 6. The smallest absolute Gasteiger partial charge is 0.235 e. The van der Waals surface area contributed by atoms with Crippen molar-refractivity contribution in [2.75, 3.05) is 18.2 Å². The van der Waals surface area contributed by atoms with Crippen molar-refractivity contribution in [2.24, 2.45) is 7.05 Å². The SMILES string of the molecule is COc1ccccc1-c1nnc(SCC(=O)Nc2sc3c(c2C#N)CCCCC3)n1C. The molecule has 4 rings (SSSR count). The highest BCUT2D eigenvalue weighted by Gasteiger charge is 2.21. The van der Waals surface area contributed by atoms with Crippen molar-refractivity contribution in [3.05, 3.63) is 40.3 Å². The number of hydrogen-bond acceptors (Lipinski definition) is 7. The summed E-state index contributed by atoms with van der Waals surface area (Å²) in [5.41, 5.74) is 2.61. The van der Waals surface area contributed by atoms with Crippen LogP contribution in [0.15, 0.2) is 29.4 Å². The topological polar surface area (TPSA) is 92.8 Å². The van der Waals surface area contributed by atoms with E-state index >= 15 is 0 Å². The fourth-order valence-electron chi connectivity index (χ4n) is 3.75. The van der Waals surface area contributed by atoms with E-state index in [0.29, 0.717) is 27.3 Å². The van der Waals surface area contributed by atoms with Gasteiger partial charge in [-0.05, 0) is 43.4 Å². The van der Waals surface area contributed by atoms with Crippen LogP contribution in [0.25, 0.3) is 11.4 Å². The van der Waals surface area contributed by atoms with Gasteiger partial charge in [0.1, 0.15) is 16.8 Å². The molecule has 0 aliphatic heterocycles. The summed E-state index contributed by atoms with van der Waals surface area (Å²) in [6.07, 6.45) is 5.35. The molecule has 160 valence electrons. The molecule has 0 fully saturated rings. The number of thiophene rings is 1. The zero-order valence-electron chi connectivity index (χ0n) is 17.5. The molecule has 0 spiro atoms. The number of methoxy groups -OCH3 is 1. The van der Waals surface area contributed by atoms with Crippen LogP contribution in [-0.2, 0) is 24.7 Å². The Kier molecular flexibility index (Phi) is 6.59. The van der Waals surface area contributed by atoms with E-state index in [1.807, 2.05) is 35.9 Å². The maximum absolute atomic E-state index is 12.6. The predicted molar refractivity (Wildman–Crippen MR) is 123 cm³/mol. The maximum atomic E-state index is 12.6. The van der Waals surface area contributed by atoms with Gasteiger partial charge in [0.05, 0.1) is 24.0 Å². The van der Waals surface area contributed by atoms with Gasteiger partial charge in [-0.25, -0.2) is 0 Å². The lowest BCUT2D eigenvalue weighted by molar-refractivity contribution is -0.113. The van der Waals surface area contributed by atoms with E-state index in [1.165, 1.54) is 23.1 Å². The summed E-state index contributed by atoms with van der Waals surface area (Å²) in [4.78, 5) is 13.9. The van der Waals surface area contributed by atoms with Gasteiger partial charge in [-0.1, -0.05) is 30.3 Å². The summed E-state index contributed by atoms with van der Waals surface area (Å²) in [7, 11) is 3.49. The average Bonchev–Trinajstić information content (AvgIpc) is 3.21. The van der Waals surface area contributed by atoms with Gasteiger partial charge in [-0.2, -0.15) is 5.26 Å². The molecule has 2 heterocycles. The standard InChI is InChI=1S/C22H23N5O2S2/c1-27-20(15-9-6-7-10-17(15)29-2)25-26-22(27)30-13-19(28)24-21-16(12-23)14-8-4-3-5-11-18(14)31-21/h6-7,9-10H,3-5,8,11,13H2,1-2H3,(H,24,28). The molecule has 2 aromatic heterocycles. The highest BCUT2D eigenvalue weighted by Crippen LogP contribution is 2.37. The van der Waals surface area contributed by atoms with E-state index in [4.69, 9.17) is 4.74 Å². The number of ether oxygens (including phenoxy) is 1. The van der Waals surface area contributed by atoms with E-state index in [2.05, 4.69) is 21.6 Å². The molecule has 0 unspecified atom stereocenters. The number of carbonyl (C=O) groups excluding carboxylic acids is 1. The number of nitriles is 1. The average molecular weight is 454 g/mol. The minimum Gasteiger partial charge on any atom is -0.496 e. The molecule has 1 aromatic carbocycles. The van der Waals surface area contributed by atoms with Gasteiger partial charge in [0.25, 0.3) is 0 Å². The summed E-state index contributed by atoms with van der Waals surface area (Å²) in [6.45, 7) is 0. The lowest BCUT2D eigenvalue weighted by atomic mass is 10.1. The molecule has 0 atom stereocenters. The molecule has 0 saturated carbocycles. The second-order valence-electron chi connectivity index (χ2n) is 7.28. The minimum absolute atomic E-state index is 0.153. The van der Waals surface area contributed by atoms with Gasteiger partial charge in [-0.3, -0.25) is 4.79 Å². The fraction of sp³-hybridized carbons (Fsp3) is 0.364. The Bertz CT molecular complexity index is 1150. The largest absolute Gasteiger partial charge is 0.496 e. The monoisotopic (exact) mass is 453 g/mol. The molecule has 1 amide bonds. The first-order chi connectivity index (χ1) is 15.1. The van der Waals surface area contributed by atoms with Crippen LogP contribution in [0, 0.1) is 11.3 Å². The van der Waals surface area contributed by atoms with Gasteiger partial charge in [-0.15, -0.1) is 21.5 Å². The fourth-order valence-corrected chi connectivity index (χ4v) is 5.71. The van der Waals surface area contributed by atoms with E-state index in [0.717, 1.165) is 36.8 Å². The third-order valence-electron chi connectivity index (χ3n) is 5.30. The highest BCUT2D eigenvalue weighted by atomic mass is 32.2. The molecule has 1 N–H and O–H groups in total. The summed E-state index contributed by atoms with van der Waals surface area (Å²) in [5, 5.41) is 22.4. The number of nitrogens with one attached hydrogen (secondary N) is 1. The van der Waals surface area contributed by atoms with Crippen LogP contribution in [-0.4, -0.2) is 33.5 Å². The molecule has 0 bridgehead atoms. The molecule has 0 radical (unpaired) electrons. The van der Waals surface area contributed by atoms with E-state index in [1.54, 1.807) is 18.4 Å². The number of fused-ring (bicyclic) bond motifs is 1. The zero-order chi connectivity index (χ0) is 21.8. The third kappa shape index (κ3) is 4.45.